The predicted octanol–water partition coefficient (Wildman–Crippen LogP) is 3.55. The van der Waals surface area contributed by atoms with E-state index >= 15 is 0 Å². The third-order valence-corrected chi connectivity index (χ3v) is 5.83. The number of halogens is 1. The lowest BCUT2D eigenvalue weighted by Gasteiger charge is -2.16. The Morgan fingerprint density at radius 2 is 1.80 bits per heavy atom. The minimum absolute atomic E-state index is 0.0445. The number of hydrogen-bond acceptors (Lipinski definition) is 4. The van der Waals surface area contributed by atoms with Crippen molar-refractivity contribution in [1.29, 1.82) is 0 Å². The van der Waals surface area contributed by atoms with Gasteiger partial charge in [-0.15, -0.1) is 11.8 Å². The minimum atomic E-state index is -3.81. The number of carbonyl (C=O) groups excluding carboxylic acids is 1. The molecular formula is C17H19FN2O3S2. The summed E-state index contributed by atoms with van der Waals surface area (Å²) >= 11 is 1.40. The van der Waals surface area contributed by atoms with Crippen LogP contribution in [0.5, 0.6) is 0 Å². The van der Waals surface area contributed by atoms with Crippen molar-refractivity contribution in [1.82, 2.24) is 4.72 Å². The molecule has 2 N–H and O–H groups in total. The van der Waals surface area contributed by atoms with E-state index in [2.05, 4.69) is 10.0 Å². The van der Waals surface area contributed by atoms with Gasteiger partial charge < -0.3 is 5.32 Å². The molecule has 0 saturated heterocycles. The van der Waals surface area contributed by atoms with E-state index in [0.29, 0.717) is 11.3 Å². The van der Waals surface area contributed by atoms with Gasteiger partial charge in [0.15, 0.2) is 0 Å². The fourth-order valence-electron chi connectivity index (χ4n) is 2.26. The number of anilines is 1. The largest absolute Gasteiger partial charge is 0.325 e. The first-order valence-corrected chi connectivity index (χ1v) is 10.2. The number of rotatable bonds is 6. The highest BCUT2D eigenvalue weighted by molar-refractivity contribution is 7.98. The fourth-order valence-corrected chi connectivity index (χ4v) is 4.05. The normalized spacial score (nSPS) is 12.6. The van der Waals surface area contributed by atoms with Crippen LogP contribution in [-0.2, 0) is 14.8 Å². The minimum Gasteiger partial charge on any atom is -0.325 e. The molecule has 1 amide bonds. The van der Waals surface area contributed by atoms with Crippen LogP contribution >= 0.6 is 11.8 Å². The number of carbonyl (C=O) groups is 1. The summed E-state index contributed by atoms with van der Waals surface area (Å²) in [6, 6.07) is 9.64. The predicted molar refractivity (Wildman–Crippen MR) is 97.7 cm³/mol. The smallest absolute Gasteiger partial charge is 0.241 e. The van der Waals surface area contributed by atoms with E-state index in [4.69, 9.17) is 0 Å². The van der Waals surface area contributed by atoms with E-state index in [-0.39, 0.29) is 16.6 Å². The van der Waals surface area contributed by atoms with Crippen molar-refractivity contribution in [3.8, 4) is 0 Å². The van der Waals surface area contributed by atoms with Crippen LogP contribution in [0.25, 0.3) is 0 Å². The Labute approximate surface area is 151 Å². The van der Waals surface area contributed by atoms with Crippen molar-refractivity contribution in [2.45, 2.75) is 29.7 Å². The van der Waals surface area contributed by atoms with Gasteiger partial charge in [-0.25, -0.2) is 17.5 Å². The molecule has 1 atom stereocenters. The van der Waals surface area contributed by atoms with Gasteiger partial charge in [0.25, 0.3) is 0 Å². The summed E-state index contributed by atoms with van der Waals surface area (Å²) in [6.45, 7) is 3.04. The highest BCUT2D eigenvalue weighted by Crippen LogP contribution is 2.28. The molecule has 0 aromatic heterocycles. The Bertz CT molecular complexity index is 868. The van der Waals surface area contributed by atoms with Gasteiger partial charge in [-0.05, 0) is 49.1 Å². The van der Waals surface area contributed by atoms with Gasteiger partial charge in [0.05, 0.1) is 10.6 Å². The maximum absolute atomic E-state index is 13.0. The first-order chi connectivity index (χ1) is 11.7. The van der Waals surface area contributed by atoms with Crippen LogP contribution in [0.1, 0.15) is 25.5 Å². The van der Waals surface area contributed by atoms with Gasteiger partial charge in [0, 0.05) is 17.9 Å². The molecule has 0 fully saturated rings. The third-order valence-electron chi connectivity index (χ3n) is 3.49. The highest BCUT2D eigenvalue weighted by atomic mass is 32.2. The van der Waals surface area contributed by atoms with Crippen LogP contribution in [0.2, 0.25) is 0 Å². The molecular weight excluding hydrogens is 363 g/mol. The first-order valence-electron chi connectivity index (χ1n) is 7.46. The Morgan fingerprint density at radius 3 is 2.36 bits per heavy atom. The van der Waals surface area contributed by atoms with Crippen molar-refractivity contribution in [2.24, 2.45) is 0 Å². The van der Waals surface area contributed by atoms with Crippen LogP contribution in [0.3, 0.4) is 0 Å². The van der Waals surface area contributed by atoms with E-state index < -0.39 is 16.1 Å². The molecule has 0 bridgehead atoms. The number of benzene rings is 2. The first kappa shape index (κ1) is 19.4. The zero-order chi connectivity index (χ0) is 18.6. The Balaban J connectivity index is 2.29. The third kappa shape index (κ3) is 5.04. The molecule has 0 radical (unpaired) electrons. The maximum atomic E-state index is 13.0. The van der Waals surface area contributed by atoms with E-state index in [1.165, 1.54) is 55.1 Å². The van der Waals surface area contributed by atoms with Crippen molar-refractivity contribution < 1.29 is 17.6 Å². The van der Waals surface area contributed by atoms with E-state index in [1.807, 2.05) is 6.26 Å². The molecule has 134 valence electrons. The standard InChI is InChI=1S/C17H19FN2O3S2/c1-11(13-4-6-14(18)7-5-13)20-25(22,23)15-8-9-17(24-3)16(10-15)19-12(2)21/h4-11,20H,1-3H3,(H,19,21). The van der Waals surface area contributed by atoms with Gasteiger partial charge in [-0.2, -0.15) is 0 Å². The lowest BCUT2D eigenvalue weighted by molar-refractivity contribution is -0.114. The van der Waals surface area contributed by atoms with E-state index in [0.717, 1.165) is 4.90 Å². The van der Waals surface area contributed by atoms with Crippen LogP contribution in [0, 0.1) is 5.82 Å². The number of thioether (sulfide) groups is 1. The second kappa shape index (κ2) is 7.99. The summed E-state index contributed by atoms with van der Waals surface area (Å²) in [5, 5.41) is 2.63. The van der Waals surface area contributed by atoms with Gasteiger partial charge >= 0.3 is 0 Å². The van der Waals surface area contributed by atoms with Crippen LogP contribution < -0.4 is 10.0 Å². The molecule has 0 heterocycles. The summed E-state index contributed by atoms with van der Waals surface area (Å²) in [5.74, 6) is -0.663. The highest BCUT2D eigenvalue weighted by Gasteiger charge is 2.20. The number of amides is 1. The molecule has 2 rings (SSSR count). The summed E-state index contributed by atoms with van der Waals surface area (Å²) in [4.78, 5) is 12.1. The summed E-state index contributed by atoms with van der Waals surface area (Å²) in [7, 11) is -3.81. The molecule has 1 unspecified atom stereocenters. The second-order valence-electron chi connectivity index (χ2n) is 5.44. The summed E-state index contributed by atoms with van der Waals surface area (Å²) in [5.41, 5.74) is 1.09. The summed E-state index contributed by atoms with van der Waals surface area (Å²) < 4.78 is 40.8. The fraction of sp³-hybridized carbons (Fsp3) is 0.235. The number of sulfonamides is 1. The molecule has 0 spiro atoms. The second-order valence-corrected chi connectivity index (χ2v) is 8.00. The molecule has 0 aliphatic rings. The zero-order valence-corrected chi connectivity index (χ0v) is 15.7. The molecule has 0 aliphatic heterocycles. The lowest BCUT2D eigenvalue weighted by Crippen LogP contribution is -2.27. The molecule has 2 aromatic carbocycles. The number of nitrogens with one attached hydrogen (secondary N) is 2. The zero-order valence-electron chi connectivity index (χ0n) is 14.0. The van der Waals surface area contributed by atoms with E-state index in [1.54, 1.807) is 13.0 Å². The van der Waals surface area contributed by atoms with Gasteiger partial charge in [-0.3, -0.25) is 4.79 Å². The molecule has 5 nitrogen and oxygen atoms in total. The molecule has 25 heavy (non-hydrogen) atoms. The lowest BCUT2D eigenvalue weighted by atomic mass is 10.1. The topological polar surface area (TPSA) is 75.3 Å². The van der Waals surface area contributed by atoms with Crippen molar-refractivity contribution in [2.75, 3.05) is 11.6 Å². The SMILES string of the molecule is CSc1ccc(S(=O)(=O)NC(C)c2ccc(F)cc2)cc1NC(C)=O. The van der Waals surface area contributed by atoms with Crippen LogP contribution in [0.15, 0.2) is 52.3 Å². The van der Waals surface area contributed by atoms with Gasteiger partial charge in [-0.1, -0.05) is 12.1 Å². The number of hydrogen-bond donors (Lipinski definition) is 2. The average Bonchev–Trinajstić information content (AvgIpc) is 2.54. The van der Waals surface area contributed by atoms with E-state index in [9.17, 15) is 17.6 Å². The van der Waals surface area contributed by atoms with Crippen molar-refractivity contribution in [3.63, 3.8) is 0 Å². The van der Waals surface area contributed by atoms with Gasteiger partial charge in [0.2, 0.25) is 15.9 Å². The molecule has 8 heteroatoms. The van der Waals surface area contributed by atoms with Crippen LogP contribution in [-0.4, -0.2) is 20.6 Å². The Hall–Kier alpha value is -1.90. The van der Waals surface area contributed by atoms with Gasteiger partial charge in [0.1, 0.15) is 5.82 Å². The van der Waals surface area contributed by atoms with Crippen molar-refractivity contribution >= 4 is 33.4 Å². The summed E-state index contributed by atoms with van der Waals surface area (Å²) in [6.07, 6.45) is 1.84. The Kier molecular flexibility index (Phi) is 6.21. The molecule has 2 aromatic rings. The quantitative estimate of drug-likeness (QED) is 0.750. The van der Waals surface area contributed by atoms with Crippen molar-refractivity contribution in [3.05, 3.63) is 53.8 Å². The Morgan fingerprint density at radius 1 is 1.16 bits per heavy atom. The average molecular weight is 382 g/mol. The molecule has 0 saturated carbocycles. The molecule has 0 aliphatic carbocycles. The monoisotopic (exact) mass is 382 g/mol. The van der Waals surface area contributed by atoms with Crippen LogP contribution in [0.4, 0.5) is 10.1 Å². The maximum Gasteiger partial charge on any atom is 0.241 e.